The third-order valence-electron chi connectivity index (χ3n) is 3.29. The fourth-order valence-electron chi connectivity index (χ4n) is 2.25. The Morgan fingerprint density at radius 3 is 2.79 bits per heavy atom. The number of carbonyl (C=O) groups is 2. The zero-order valence-corrected chi connectivity index (χ0v) is 11.2. The second-order valence-electron chi connectivity index (χ2n) is 4.41. The molecule has 0 fully saturated rings. The molecule has 0 N–H and O–H groups in total. The van der Waals surface area contributed by atoms with Crippen molar-refractivity contribution in [1.82, 2.24) is 4.98 Å². The van der Waals surface area contributed by atoms with Gasteiger partial charge in [-0.2, -0.15) is 0 Å². The Bertz CT molecular complexity index is 663. The molecule has 1 aliphatic heterocycles. The number of amides is 1. The molecule has 0 saturated carbocycles. The number of carbonyl (C=O) groups excluding carboxylic acids is 2. The van der Waals surface area contributed by atoms with E-state index in [2.05, 4.69) is 4.98 Å². The van der Waals surface area contributed by atoms with Gasteiger partial charge in [0, 0.05) is 17.8 Å². The first-order valence-electron chi connectivity index (χ1n) is 6.02. The van der Waals surface area contributed by atoms with Crippen LogP contribution in [0.3, 0.4) is 0 Å². The Labute approximate surface area is 114 Å². The van der Waals surface area contributed by atoms with E-state index in [0.717, 1.165) is 22.7 Å². The van der Waals surface area contributed by atoms with Crippen LogP contribution < -0.4 is 4.90 Å². The van der Waals surface area contributed by atoms with E-state index in [1.54, 1.807) is 33.9 Å². The van der Waals surface area contributed by atoms with Gasteiger partial charge >= 0.3 is 0 Å². The van der Waals surface area contributed by atoms with Gasteiger partial charge in [-0.3, -0.25) is 9.59 Å². The third-order valence-corrected chi connectivity index (χ3v) is 4.28. The smallest absolute Gasteiger partial charge is 0.299 e. The van der Waals surface area contributed by atoms with Crippen LogP contribution in [0.25, 0.3) is 0 Å². The molecule has 5 heteroatoms. The van der Waals surface area contributed by atoms with Crippen LogP contribution in [0.5, 0.6) is 0 Å². The normalized spacial score (nSPS) is 14.1. The highest BCUT2D eigenvalue weighted by Crippen LogP contribution is 2.28. The lowest BCUT2D eigenvalue weighted by molar-refractivity contribution is -0.114. The molecule has 1 aromatic carbocycles. The summed E-state index contributed by atoms with van der Waals surface area (Å²) in [6.45, 7) is 2.47. The summed E-state index contributed by atoms with van der Waals surface area (Å²) in [6.07, 6.45) is 0.726. The summed E-state index contributed by atoms with van der Waals surface area (Å²) in [7, 11) is 0. The molecule has 4 nitrogen and oxygen atoms in total. The van der Waals surface area contributed by atoms with E-state index >= 15 is 0 Å². The van der Waals surface area contributed by atoms with Gasteiger partial charge in [0.1, 0.15) is 0 Å². The predicted octanol–water partition coefficient (Wildman–Crippen LogP) is 2.22. The van der Waals surface area contributed by atoms with Crippen LogP contribution in [0.2, 0.25) is 0 Å². The van der Waals surface area contributed by atoms with Gasteiger partial charge in [-0.1, -0.05) is 12.1 Å². The fourth-order valence-corrected chi connectivity index (χ4v) is 3.02. The molecule has 1 aliphatic rings. The van der Waals surface area contributed by atoms with Crippen molar-refractivity contribution >= 4 is 28.7 Å². The molecule has 96 valence electrons. The first-order chi connectivity index (χ1) is 9.18. The minimum atomic E-state index is -0.427. The van der Waals surface area contributed by atoms with Crippen molar-refractivity contribution in [2.45, 2.75) is 13.3 Å². The van der Waals surface area contributed by atoms with E-state index in [1.165, 1.54) is 0 Å². The van der Waals surface area contributed by atoms with Gasteiger partial charge in [-0.25, -0.2) is 4.98 Å². The number of hydrogen-bond donors (Lipinski definition) is 0. The second-order valence-corrected chi connectivity index (χ2v) is 5.35. The molecule has 0 atom stereocenters. The summed E-state index contributed by atoms with van der Waals surface area (Å²) in [4.78, 5) is 30.7. The predicted molar refractivity (Wildman–Crippen MR) is 73.7 cm³/mol. The Kier molecular flexibility index (Phi) is 2.91. The van der Waals surface area contributed by atoms with Gasteiger partial charge in [-0.15, -0.1) is 11.3 Å². The molecule has 0 aliphatic carbocycles. The van der Waals surface area contributed by atoms with Crippen LogP contribution in [-0.2, 0) is 11.2 Å². The Balaban J connectivity index is 1.84. The van der Waals surface area contributed by atoms with Crippen LogP contribution in [0.1, 0.15) is 20.9 Å². The van der Waals surface area contributed by atoms with Crippen molar-refractivity contribution in [3.63, 3.8) is 0 Å². The quantitative estimate of drug-likeness (QED) is 0.805. The first-order valence-corrected chi connectivity index (χ1v) is 6.90. The standard InChI is InChI=1S/C14H12N2O2S/c1-9-12(19-8-15-9)6-7-16-11-5-3-2-4-10(11)13(17)14(16)18/h2-5,8H,6-7H2,1H3. The van der Waals surface area contributed by atoms with E-state index in [0.29, 0.717) is 12.1 Å². The van der Waals surface area contributed by atoms with Crippen LogP contribution in [0, 0.1) is 6.92 Å². The van der Waals surface area contributed by atoms with E-state index < -0.39 is 11.7 Å². The maximum absolute atomic E-state index is 12.0. The molecule has 2 aromatic rings. The van der Waals surface area contributed by atoms with E-state index in [1.807, 2.05) is 19.1 Å². The minimum absolute atomic E-state index is 0.406. The second kappa shape index (κ2) is 4.59. The van der Waals surface area contributed by atoms with Crippen molar-refractivity contribution in [2.75, 3.05) is 11.4 Å². The number of thiazole rings is 1. The number of anilines is 1. The van der Waals surface area contributed by atoms with Gasteiger partial charge in [0.25, 0.3) is 11.7 Å². The van der Waals surface area contributed by atoms with E-state index in [-0.39, 0.29) is 0 Å². The van der Waals surface area contributed by atoms with Crippen molar-refractivity contribution in [1.29, 1.82) is 0 Å². The zero-order chi connectivity index (χ0) is 13.4. The molecule has 1 aromatic heterocycles. The highest BCUT2D eigenvalue weighted by molar-refractivity contribution is 7.09. The largest absolute Gasteiger partial charge is 0.304 e. The third kappa shape index (κ3) is 1.96. The molecule has 0 spiro atoms. The lowest BCUT2D eigenvalue weighted by Gasteiger charge is -2.15. The van der Waals surface area contributed by atoms with E-state index in [9.17, 15) is 9.59 Å². The number of fused-ring (bicyclic) bond motifs is 1. The Hall–Kier alpha value is -2.01. The van der Waals surface area contributed by atoms with E-state index in [4.69, 9.17) is 0 Å². The maximum atomic E-state index is 12.0. The molecule has 0 bridgehead atoms. The fraction of sp³-hybridized carbons (Fsp3) is 0.214. The lowest BCUT2D eigenvalue weighted by Crippen LogP contribution is -2.31. The molecule has 19 heavy (non-hydrogen) atoms. The summed E-state index contributed by atoms with van der Waals surface area (Å²) in [5.41, 5.74) is 4.03. The summed E-state index contributed by atoms with van der Waals surface area (Å²) in [6, 6.07) is 7.14. The molecule has 0 radical (unpaired) electrons. The lowest BCUT2D eigenvalue weighted by atomic mass is 10.1. The van der Waals surface area contributed by atoms with Crippen LogP contribution in [-0.4, -0.2) is 23.2 Å². The SMILES string of the molecule is Cc1ncsc1CCN1C(=O)C(=O)c2ccccc21. The summed E-state index contributed by atoms with van der Waals surface area (Å²) in [5, 5.41) is 0. The maximum Gasteiger partial charge on any atom is 0.299 e. The summed E-state index contributed by atoms with van der Waals surface area (Å²) in [5.74, 6) is -0.833. The molecule has 3 rings (SSSR count). The Morgan fingerprint density at radius 1 is 1.26 bits per heavy atom. The molecule has 0 unspecified atom stereocenters. The van der Waals surface area contributed by atoms with Crippen LogP contribution >= 0.6 is 11.3 Å². The van der Waals surface area contributed by atoms with Gasteiger partial charge in [0.05, 0.1) is 22.5 Å². The molecule has 0 saturated heterocycles. The van der Waals surface area contributed by atoms with Crippen molar-refractivity contribution < 1.29 is 9.59 Å². The van der Waals surface area contributed by atoms with Crippen molar-refractivity contribution in [2.24, 2.45) is 0 Å². The number of hydrogen-bond acceptors (Lipinski definition) is 4. The Morgan fingerprint density at radius 2 is 2.05 bits per heavy atom. The minimum Gasteiger partial charge on any atom is -0.304 e. The molecule has 1 amide bonds. The van der Waals surface area contributed by atoms with Gasteiger partial charge in [-0.05, 0) is 19.1 Å². The highest BCUT2D eigenvalue weighted by atomic mass is 32.1. The highest BCUT2D eigenvalue weighted by Gasteiger charge is 2.34. The number of para-hydroxylation sites is 1. The van der Waals surface area contributed by atoms with Crippen molar-refractivity contribution in [3.8, 4) is 0 Å². The average Bonchev–Trinajstić information content (AvgIpc) is 2.93. The number of rotatable bonds is 3. The zero-order valence-electron chi connectivity index (χ0n) is 10.4. The van der Waals surface area contributed by atoms with Crippen molar-refractivity contribution in [3.05, 3.63) is 45.9 Å². The number of Topliss-reactive ketones (excluding diaryl/α,β-unsaturated/α-hetero) is 1. The topological polar surface area (TPSA) is 50.3 Å². The number of nitrogens with zero attached hydrogens (tertiary/aromatic N) is 2. The summed E-state index contributed by atoms with van der Waals surface area (Å²) >= 11 is 1.58. The van der Waals surface area contributed by atoms with Crippen LogP contribution in [0.15, 0.2) is 29.8 Å². The first kappa shape index (κ1) is 12.0. The number of benzene rings is 1. The monoisotopic (exact) mass is 272 g/mol. The number of aromatic nitrogens is 1. The molecular formula is C14H12N2O2S. The van der Waals surface area contributed by atoms with Gasteiger partial charge < -0.3 is 4.90 Å². The van der Waals surface area contributed by atoms with Gasteiger partial charge in [0.2, 0.25) is 0 Å². The van der Waals surface area contributed by atoms with Crippen LogP contribution in [0.4, 0.5) is 5.69 Å². The molecule has 2 heterocycles. The van der Waals surface area contributed by atoms with Gasteiger partial charge in [0.15, 0.2) is 0 Å². The number of ketones is 1. The summed E-state index contributed by atoms with van der Waals surface area (Å²) < 4.78 is 0. The average molecular weight is 272 g/mol. The molecular weight excluding hydrogens is 260 g/mol. The number of aryl methyl sites for hydroxylation is 1.